The number of hydrogen-bond acceptors (Lipinski definition) is 5. The monoisotopic (exact) mass is 472 g/mol. The Bertz CT molecular complexity index is 1100. The SMILES string of the molecule is CCCCn1nc(C(=O)N2CCN(S(=O)(=O)c3cccc(Cl)c3Cl)CC2)ccc1=O. The van der Waals surface area contributed by atoms with Gasteiger partial charge in [-0.2, -0.15) is 9.40 Å². The van der Waals surface area contributed by atoms with Crippen molar-refractivity contribution >= 4 is 39.1 Å². The van der Waals surface area contributed by atoms with Crippen LogP contribution in [0.25, 0.3) is 0 Å². The molecule has 1 fully saturated rings. The number of rotatable bonds is 6. The predicted octanol–water partition coefficient (Wildman–Crippen LogP) is 2.50. The molecule has 8 nitrogen and oxygen atoms in total. The molecule has 1 aromatic heterocycles. The van der Waals surface area contributed by atoms with Crippen LogP contribution in [0, 0.1) is 0 Å². The van der Waals surface area contributed by atoms with Gasteiger partial charge < -0.3 is 4.90 Å². The van der Waals surface area contributed by atoms with E-state index in [4.69, 9.17) is 23.2 Å². The van der Waals surface area contributed by atoms with Gasteiger partial charge in [-0.1, -0.05) is 42.6 Å². The van der Waals surface area contributed by atoms with E-state index in [1.807, 2.05) is 6.92 Å². The summed E-state index contributed by atoms with van der Waals surface area (Å²) in [5.74, 6) is -0.335. The highest BCUT2D eigenvalue weighted by Crippen LogP contribution is 2.31. The standard InChI is InChI=1S/C19H22Cl2N4O4S/c1-2-3-9-25-17(26)8-7-15(22-25)19(27)23-10-12-24(13-11-23)30(28,29)16-6-4-5-14(20)18(16)21/h4-8H,2-3,9-13H2,1H3. The molecular formula is C19H22Cl2N4O4S. The average molecular weight is 473 g/mol. The van der Waals surface area contributed by atoms with Crippen molar-refractivity contribution in [1.29, 1.82) is 0 Å². The lowest BCUT2D eigenvalue weighted by molar-refractivity contribution is 0.0689. The molecule has 0 atom stereocenters. The highest BCUT2D eigenvalue weighted by Gasteiger charge is 2.32. The summed E-state index contributed by atoms with van der Waals surface area (Å²) in [4.78, 5) is 26.2. The Labute approximate surface area is 185 Å². The molecule has 2 aromatic rings. The van der Waals surface area contributed by atoms with E-state index in [1.54, 1.807) is 0 Å². The van der Waals surface area contributed by atoms with E-state index < -0.39 is 10.0 Å². The minimum absolute atomic E-state index is 0.0174. The number of sulfonamides is 1. The van der Waals surface area contributed by atoms with Gasteiger partial charge in [0.05, 0.1) is 10.0 Å². The van der Waals surface area contributed by atoms with Gasteiger partial charge in [0.2, 0.25) is 10.0 Å². The molecule has 11 heteroatoms. The fourth-order valence-corrected chi connectivity index (χ4v) is 5.31. The summed E-state index contributed by atoms with van der Waals surface area (Å²) in [5.41, 5.74) is -0.0887. The summed E-state index contributed by atoms with van der Waals surface area (Å²) in [5, 5.41) is 4.32. The lowest BCUT2D eigenvalue weighted by atomic mass is 10.3. The molecule has 0 N–H and O–H groups in total. The smallest absolute Gasteiger partial charge is 0.274 e. The average Bonchev–Trinajstić information content (AvgIpc) is 2.74. The summed E-state index contributed by atoms with van der Waals surface area (Å²) in [6.45, 7) is 3.09. The normalized spacial score (nSPS) is 15.4. The molecule has 162 valence electrons. The molecule has 0 radical (unpaired) electrons. The van der Waals surface area contributed by atoms with Crippen LogP contribution in [0.3, 0.4) is 0 Å². The van der Waals surface area contributed by atoms with Crippen molar-refractivity contribution in [3.63, 3.8) is 0 Å². The molecule has 30 heavy (non-hydrogen) atoms. The van der Waals surface area contributed by atoms with Crippen LogP contribution in [-0.2, 0) is 16.6 Å². The van der Waals surface area contributed by atoms with Gasteiger partial charge in [0.1, 0.15) is 10.6 Å². The van der Waals surface area contributed by atoms with Crippen molar-refractivity contribution in [3.8, 4) is 0 Å². The zero-order chi connectivity index (χ0) is 21.9. The van der Waals surface area contributed by atoms with Gasteiger partial charge in [0, 0.05) is 38.8 Å². The molecule has 1 aromatic carbocycles. The first kappa shape index (κ1) is 22.7. The van der Waals surface area contributed by atoms with E-state index >= 15 is 0 Å². The number of aryl methyl sites for hydroxylation is 1. The Balaban J connectivity index is 1.72. The van der Waals surface area contributed by atoms with Gasteiger partial charge in [-0.25, -0.2) is 13.1 Å². The van der Waals surface area contributed by atoms with E-state index in [0.717, 1.165) is 12.8 Å². The number of unbranched alkanes of at least 4 members (excludes halogenated alkanes) is 1. The van der Waals surface area contributed by atoms with E-state index in [9.17, 15) is 18.0 Å². The van der Waals surface area contributed by atoms with Gasteiger partial charge >= 0.3 is 0 Å². The van der Waals surface area contributed by atoms with Crippen molar-refractivity contribution in [2.24, 2.45) is 0 Å². The molecule has 0 spiro atoms. The van der Waals surface area contributed by atoms with Crippen LogP contribution >= 0.6 is 23.2 Å². The van der Waals surface area contributed by atoms with Crippen LogP contribution in [0.15, 0.2) is 40.0 Å². The fourth-order valence-electron chi connectivity index (χ4n) is 3.15. The largest absolute Gasteiger partial charge is 0.335 e. The summed E-state index contributed by atoms with van der Waals surface area (Å²) in [7, 11) is -3.83. The third-order valence-corrected chi connectivity index (χ3v) is 7.74. The molecule has 0 saturated carbocycles. The van der Waals surface area contributed by atoms with Gasteiger partial charge in [-0.05, 0) is 24.6 Å². The second kappa shape index (κ2) is 9.47. The lowest BCUT2D eigenvalue weighted by Crippen LogP contribution is -2.50. The summed E-state index contributed by atoms with van der Waals surface area (Å²) >= 11 is 12.0. The summed E-state index contributed by atoms with van der Waals surface area (Å²) in [6.07, 6.45) is 1.69. The maximum absolute atomic E-state index is 12.9. The Morgan fingerprint density at radius 3 is 2.47 bits per heavy atom. The number of nitrogens with zero attached hydrogens (tertiary/aromatic N) is 4. The quantitative estimate of drug-likeness (QED) is 0.643. The van der Waals surface area contributed by atoms with Crippen molar-refractivity contribution in [2.75, 3.05) is 26.2 Å². The van der Waals surface area contributed by atoms with Crippen LogP contribution in [0.5, 0.6) is 0 Å². The van der Waals surface area contributed by atoms with Crippen molar-refractivity contribution in [1.82, 2.24) is 19.0 Å². The van der Waals surface area contributed by atoms with Crippen LogP contribution < -0.4 is 5.56 Å². The predicted molar refractivity (Wildman–Crippen MR) is 115 cm³/mol. The summed E-state index contributed by atoms with van der Waals surface area (Å²) < 4.78 is 28.4. The van der Waals surface area contributed by atoms with E-state index in [1.165, 1.54) is 44.2 Å². The van der Waals surface area contributed by atoms with Crippen LogP contribution in [-0.4, -0.2) is 59.5 Å². The minimum atomic E-state index is -3.83. The lowest BCUT2D eigenvalue weighted by Gasteiger charge is -2.34. The zero-order valence-electron chi connectivity index (χ0n) is 16.4. The first-order chi connectivity index (χ1) is 14.3. The number of amides is 1. The zero-order valence-corrected chi connectivity index (χ0v) is 18.8. The maximum Gasteiger partial charge on any atom is 0.274 e. The molecule has 2 heterocycles. The van der Waals surface area contributed by atoms with Crippen molar-refractivity contribution in [2.45, 2.75) is 31.2 Å². The van der Waals surface area contributed by atoms with Crippen LogP contribution in [0.1, 0.15) is 30.3 Å². The van der Waals surface area contributed by atoms with Crippen molar-refractivity contribution < 1.29 is 13.2 Å². The Morgan fingerprint density at radius 2 is 1.80 bits per heavy atom. The highest BCUT2D eigenvalue weighted by atomic mass is 35.5. The number of carbonyl (C=O) groups excluding carboxylic acids is 1. The van der Waals surface area contributed by atoms with Gasteiger partial charge in [-0.3, -0.25) is 9.59 Å². The first-order valence-electron chi connectivity index (χ1n) is 9.57. The number of benzene rings is 1. The van der Waals surface area contributed by atoms with Gasteiger partial charge in [0.15, 0.2) is 0 Å². The van der Waals surface area contributed by atoms with E-state index in [0.29, 0.717) is 6.54 Å². The van der Waals surface area contributed by atoms with Crippen LogP contribution in [0.4, 0.5) is 0 Å². The third kappa shape index (κ3) is 4.69. The molecule has 0 bridgehead atoms. The molecule has 1 amide bonds. The maximum atomic E-state index is 12.9. The Hall–Kier alpha value is -1.94. The van der Waals surface area contributed by atoms with Crippen molar-refractivity contribution in [3.05, 3.63) is 56.4 Å². The minimum Gasteiger partial charge on any atom is -0.335 e. The molecule has 1 aliphatic heterocycles. The number of piperazine rings is 1. The Kier molecular flexibility index (Phi) is 7.18. The second-order valence-corrected chi connectivity index (χ2v) is 9.57. The molecule has 1 aliphatic rings. The van der Waals surface area contributed by atoms with Crippen LogP contribution in [0.2, 0.25) is 10.0 Å². The molecule has 0 unspecified atom stereocenters. The topological polar surface area (TPSA) is 92.6 Å². The fraction of sp³-hybridized carbons (Fsp3) is 0.421. The molecule has 1 saturated heterocycles. The van der Waals surface area contributed by atoms with E-state index in [2.05, 4.69) is 5.10 Å². The number of halogens is 2. The van der Waals surface area contributed by atoms with Gasteiger partial charge in [0.25, 0.3) is 11.5 Å². The highest BCUT2D eigenvalue weighted by molar-refractivity contribution is 7.89. The number of hydrogen-bond donors (Lipinski definition) is 0. The first-order valence-corrected chi connectivity index (χ1v) is 11.8. The van der Waals surface area contributed by atoms with Gasteiger partial charge in [-0.15, -0.1) is 0 Å². The van der Waals surface area contributed by atoms with E-state index in [-0.39, 0.29) is 58.3 Å². The third-order valence-electron chi connectivity index (χ3n) is 4.87. The number of carbonyl (C=O) groups is 1. The summed E-state index contributed by atoms with van der Waals surface area (Å²) in [6, 6.07) is 7.19. The molecular weight excluding hydrogens is 451 g/mol. The molecule has 3 rings (SSSR count). The number of aromatic nitrogens is 2. The Morgan fingerprint density at radius 1 is 1.10 bits per heavy atom. The second-order valence-electron chi connectivity index (χ2n) is 6.88. The molecule has 0 aliphatic carbocycles.